The summed E-state index contributed by atoms with van der Waals surface area (Å²) in [5, 5.41) is 0. The monoisotopic (exact) mass is 156 g/mol. The van der Waals surface area contributed by atoms with Crippen molar-refractivity contribution < 1.29 is 9.59 Å². The van der Waals surface area contributed by atoms with E-state index in [0.717, 1.165) is 0 Å². The van der Waals surface area contributed by atoms with Crippen LogP contribution in [0.3, 0.4) is 0 Å². The van der Waals surface area contributed by atoms with Crippen LogP contribution < -0.4 is 0 Å². The summed E-state index contributed by atoms with van der Waals surface area (Å²) in [4.78, 5) is 20.8. The molecule has 0 saturated heterocycles. The van der Waals surface area contributed by atoms with Crippen LogP contribution in [0.5, 0.6) is 0 Å². The zero-order valence-corrected chi connectivity index (χ0v) is 6.48. The Kier molecular flexibility index (Phi) is 4.58. The molecule has 0 unspecified atom stereocenters. The number of thioether (sulfide) groups is 1. The zero-order valence-electron chi connectivity index (χ0n) is 5.66. The second-order valence-corrected chi connectivity index (χ2v) is 2.48. The molecule has 0 amide bonds. The molecule has 0 aromatic carbocycles. The summed E-state index contributed by atoms with van der Waals surface area (Å²) in [6, 6.07) is 0. The molecule has 0 heterocycles. The molecule has 0 atom stereocenters. The van der Waals surface area contributed by atoms with Gasteiger partial charge in [0.25, 0.3) is 0 Å². The highest BCUT2D eigenvalue weighted by Gasteiger charge is 1.91. The van der Waals surface area contributed by atoms with Gasteiger partial charge in [-0.05, 0) is 12.3 Å². The van der Waals surface area contributed by atoms with Crippen molar-refractivity contribution in [2.24, 2.45) is 0 Å². The van der Waals surface area contributed by atoms with Crippen LogP contribution in [-0.4, -0.2) is 18.8 Å². The van der Waals surface area contributed by atoms with Gasteiger partial charge >= 0.3 is 0 Å². The van der Waals surface area contributed by atoms with Crippen LogP contribution in [0.2, 0.25) is 0 Å². The molecule has 2 nitrogen and oxygen atoms in total. The van der Waals surface area contributed by atoms with E-state index < -0.39 is 0 Å². The molecule has 0 rings (SSSR count). The molecular weight excluding hydrogens is 148 g/mol. The summed E-state index contributed by atoms with van der Waals surface area (Å²) in [5.74, 6) is 0. The fraction of sp³-hybridized carbons (Fsp3) is 0.143. The fourth-order valence-corrected chi connectivity index (χ4v) is 0.595. The maximum absolute atomic E-state index is 10.0. The van der Waals surface area contributed by atoms with Crippen molar-refractivity contribution in [2.75, 3.05) is 6.26 Å². The highest BCUT2D eigenvalue weighted by molar-refractivity contribution is 8.02. The minimum Gasteiger partial charge on any atom is -0.298 e. The van der Waals surface area contributed by atoms with Gasteiger partial charge in [-0.3, -0.25) is 9.59 Å². The van der Waals surface area contributed by atoms with Gasteiger partial charge in [0.1, 0.15) is 0 Å². The van der Waals surface area contributed by atoms with Crippen LogP contribution in [0.4, 0.5) is 0 Å². The zero-order chi connectivity index (χ0) is 7.98. The maximum Gasteiger partial charge on any atom is 0.153 e. The molecule has 0 aromatic heterocycles. The van der Waals surface area contributed by atoms with Gasteiger partial charge < -0.3 is 0 Å². The molecule has 0 aliphatic heterocycles. The number of hydrogen-bond acceptors (Lipinski definition) is 3. The maximum atomic E-state index is 10.0. The van der Waals surface area contributed by atoms with Gasteiger partial charge in [-0.2, -0.15) is 0 Å². The van der Waals surface area contributed by atoms with Gasteiger partial charge in [-0.1, -0.05) is 6.58 Å². The Morgan fingerprint density at radius 1 is 1.40 bits per heavy atom. The molecule has 0 aliphatic rings. The van der Waals surface area contributed by atoms with Crippen LogP contribution >= 0.6 is 11.8 Å². The molecule has 0 spiro atoms. The highest BCUT2D eigenvalue weighted by atomic mass is 32.2. The van der Waals surface area contributed by atoms with Crippen molar-refractivity contribution in [3.63, 3.8) is 0 Å². The van der Waals surface area contributed by atoms with Gasteiger partial charge in [-0.15, -0.1) is 11.8 Å². The Labute approximate surface area is 64.0 Å². The quantitative estimate of drug-likeness (QED) is 0.201. The van der Waals surface area contributed by atoms with Gasteiger partial charge in [0.05, 0.1) is 5.57 Å². The van der Waals surface area contributed by atoms with Crippen LogP contribution in [0.15, 0.2) is 23.1 Å². The van der Waals surface area contributed by atoms with E-state index >= 15 is 0 Å². The molecule has 0 aromatic rings. The third-order valence-corrected chi connectivity index (χ3v) is 1.50. The first-order valence-electron chi connectivity index (χ1n) is 2.59. The van der Waals surface area contributed by atoms with Crippen LogP contribution in [0.1, 0.15) is 0 Å². The molecule has 54 valence electrons. The lowest BCUT2D eigenvalue weighted by Gasteiger charge is -1.89. The van der Waals surface area contributed by atoms with Crippen molar-refractivity contribution in [3.8, 4) is 0 Å². The van der Waals surface area contributed by atoms with E-state index in [1.807, 2.05) is 6.26 Å². The Morgan fingerprint density at radius 2 is 1.90 bits per heavy atom. The first kappa shape index (κ1) is 9.17. The molecule has 3 heteroatoms. The molecule has 0 N–H and O–H groups in total. The molecule has 0 fully saturated rings. The Bertz CT molecular complexity index is 172. The topological polar surface area (TPSA) is 34.1 Å². The number of allylic oxidation sites excluding steroid dienone is 2. The van der Waals surface area contributed by atoms with Crippen LogP contribution in [0.25, 0.3) is 0 Å². The highest BCUT2D eigenvalue weighted by Crippen LogP contribution is 2.10. The first-order chi connectivity index (χ1) is 4.74. The van der Waals surface area contributed by atoms with Gasteiger partial charge in [-0.25, -0.2) is 0 Å². The van der Waals surface area contributed by atoms with E-state index in [2.05, 4.69) is 6.58 Å². The summed E-state index contributed by atoms with van der Waals surface area (Å²) in [6.45, 7) is 3.58. The van der Waals surface area contributed by atoms with Crippen LogP contribution in [0, 0.1) is 0 Å². The van der Waals surface area contributed by atoms with Crippen molar-refractivity contribution >= 4 is 24.3 Å². The molecule has 0 aliphatic carbocycles. The molecular formula is C7H8O2S. The van der Waals surface area contributed by atoms with E-state index in [4.69, 9.17) is 0 Å². The van der Waals surface area contributed by atoms with Crippen molar-refractivity contribution in [2.45, 2.75) is 0 Å². The van der Waals surface area contributed by atoms with Gasteiger partial charge in [0, 0.05) is 4.91 Å². The summed E-state index contributed by atoms with van der Waals surface area (Å²) in [5.41, 5.74) is 0.124. The number of carbonyl (C=O) groups is 2. The van der Waals surface area contributed by atoms with E-state index in [0.29, 0.717) is 17.5 Å². The average molecular weight is 156 g/mol. The van der Waals surface area contributed by atoms with Gasteiger partial charge in [0.2, 0.25) is 0 Å². The second kappa shape index (κ2) is 4.99. The third kappa shape index (κ3) is 3.25. The first-order valence-corrected chi connectivity index (χ1v) is 3.82. The van der Waals surface area contributed by atoms with Gasteiger partial charge in [0.15, 0.2) is 12.6 Å². The Balaban J connectivity index is 4.23. The summed E-state index contributed by atoms with van der Waals surface area (Å²) < 4.78 is 0. The number of carbonyl (C=O) groups excluding carboxylic acids is 2. The van der Waals surface area contributed by atoms with E-state index in [1.165, 1.54) is 17.8 Å². The minimum absolute atomic E-state index is 0.124. The second-order valence-electron chi connectivity index (χ2n) is 1.55. The predicted octanol–water partition coefficient (Wildman–Crippen LogP) is 1.19. The SMILES string of the molecule is C=C(C=C(C=O)C=O)SC. The van der Waals surface area contributed by atoms with E-state index in [9.17, 15) is 9.59 Å². The average Bonchev–Trinajstić information content (AvgIpc) is 1.99. The lowest BCUT2D eigenvalue weighted by Crippen LogP contribution is -1.84. The van der Waals surface area contributed by atoms with Crippen molar-refractivity contribution in [1.29, 1.82) is 0 Å². The van der Waals surface area contributed by atoms with E-state index in [-0.39, 0.29) is 5.57 Å². The summed E-state index contributed by atoms with van der Waals surface area (Å²) in [6.07, 6.45) is 4.29. The lowest BCUT2D eigenvalue weighted by atomic mass is 10.3. The third-order valence-electron chi connectivity index (χ3n) is 0.862. The van der Waals surface area contributed by atoms with E-state index in [1.54, 1.807) is 0 Å². The minimum atomic E-state index is 0.124. The number of aldehydes is 2. The normalized spacial score (nSPS) is 8.10. The molecule has 0 saturated carbocycles. The van der Waals surface area contributed by atoms with Crippen molar-refractivity contribution in [1.82, 2.24) is 0 Å². The molecule has 0 radical (unpaired) electrons. The Morgan fingerprint density at radius 3 is 2.20 bits per heavy atom. The largest absolute Gasteiger partial charge is 0.298 e. The molecule has 10 heavy (non-hydrogen) atoms. The smallest absolute Gasteiger partial charge is 0.153 e. The lowest BCUT2D eigenvalue weighted by molar-refractivity contribution is -0.109. The fourth-order valence-electron chi connectivity index (χ4n) is 0.341. The summed E-state index contributed by atoms with van der Waals surface area (Å²) in [7, 11) is 0. The standard InChI is InChI=1S/C7H8O2S/c1-6(10-2)3-7(4-8)5-9/h3-5H,1H2,2H3. The number of hydrogen-bond donors (Lipinski definition) is 0. The van der Waals surface area contributed by atoms with Crippen LogP contribution in [-0.2, 0) is 9.59 Å². The Hall–Kier alpha value is -0.830. The molecule has 0 bridgehead atoms. The predicted molar refractivity (Wildman–Crippen MR) is 42.9 cm³/mol. The summed E-state index contributed by atoms with van der Waals surface area (Å²) >= 11 is 1.40. The number of rotatable bonds is 4. The van der Waals surface area contributed by atoms with Crippen molar-refractivity contribution in [3.05, 3.63) is 23.1 Å².